The van der Waals surface area contributed by atoms with Crippen molar-refractivity contribution in [3.8, 4) is 0 Å². The van der Waals surface area contributed by atoms with Crippen LogP contribution in [0.5, 0.6) is 0 Å². The average Bonchev–Trinajstić information content (AvgIpc) is 2.96. The second-order valence-electron chi connectivity index (χ2n) is 5.98. The summed E-state index contributed by atoms with van der Waals surface area (Å²) < 4.78 is 13.4. The molecule has 1 aromatic rings. The highest BCUT2D eigenvalue weighted by atomic mass is 16.7. The highest BCUT2D eigenvalue weighted by molar-refractivity contribution is 4.77. The Labute approximate surface area is 126 Å². The van der Waals surface area contributed by atoms with Crippen molar-refractivity contribution in [2.24, 2.45) is 0 Å². The van der Waals surface area contributed by atoms with E-state index < -0.39 is 0 Å². The van der Waals surface area contributed by atoms with Gasteiger partial charge in [-0.15, -0.1) is 5.10 Å². The Hall–Kier alpha value is -0.980. The van der Waals surface area contributed by atoms with Crippen LogP contribution in [0, 0.1) is 0 Å². The van der Waals surface area contributed by atoms with Gasteiger partial charge in [0.25, 0.3) is 0 Å². The van der Waals surface area contributed by atoms with Crippen LogP contribution < -0.4 is 0 Å². The van der Waals surface area contributed by atoms with Crippen molar-refractivity contribution in [2.75, 3.05) is 32.8 Å². The first-order chi connectivity index (χ1) is 10.4. The summed E-state index contributed by atoms with van der Waals surface area (Å²) in [5.74, 6) is 0. The van der Waals surface area contributed by atoms with Crippen LogP contribution in [0.4, 0.5) is 0 Å². The van der Waals surface area contributed by atoms with Crippen molar-refractivity contribution < 1.29 is 9.47 Å². The van der Waals surface area contributed by atoms with Crippen molar-refractivity contribution in [1.29, 1.82) is 0 Å². The fourth-order valence-corrected chi connectivity index (χ4v) is 3.19. The highest BCUT2D eigenvalue weighted by Crippen LogP contribution is 2.21. The summed E-state index contributed by atoms with van der Waals surface area (Å²) in [7, 11) is 0. The van der Waals surface area contributed by atoms with Crippen molar-refractivity contribution in [3.05, 3.63) is 12.4 Å². The zero-order valence-corrected chi connectivity index (χ0v) is 12.7. The van der Waals surface area contributed by atoms with Gasteiger partial charge in [0.15, 0.2) is 6.29 Å². The summed E-state index contributed by atoms with van der Waals surface area (Å²) in [6.45, 7) is 4.90. The first-order valence-corrected chi connectivity index (χ1v) is 8.23. The van der Waals surface area contributed by atoms with Gasteiger partial charge in [-0.2, -0.15) is 0 Å². The van der Waals surface area contributed by atoms with Gasteiger partial charge >= 0.3 is 0 Å². The summed E-state index contributed by atoms with van der Waals surface area (Å²) in [4.78, 5) is 2.50. The van der Waals surface area contributed by atoms with Crippen LogP contribution in [0.1, 0.15) is 44.6 Å². The van der Waals surface area contributed by atoms with E-state index >= 15 is 0 Å². The van der Waals surface area contributed by atoms with Crippen LogP contribution in [0.25, 0.3) is 0 Å². The third kappa shape index (κ3) is 4.49. The molecule has 3 heterocycles. The van der Waals surface area contributed by atoms with E-state index in [0.29, 0.717) is 6.04 Å². The summed E-state index contributed by atoms with van der Waals surface area (Å²) >= 11 is 0. The molecule has 0 N–H and O–H groups in total. The predicted molar refractivity (Wildman–Crippen MR) is 78.9 cm³/mol. The van der Waals surface area contributed by atoms with E-state index in [1.54, 1.807) is 6.20 Å². The molecular weight excluding hydrogens is 268 g/mol. The molecule has 118 valence electrons. The fourth-order valence-electron chi connectivity index (χ4n) is 3.19. The van der Waals surface area contributed by atoms with E-state index in [-0.39, 0.29) is 6.29 Å². The van der Waals surface area contributed by atoms with Gasteiger partial charge in [-0.3, -0.25) is 0 Å². The van der Waals surface area contributed by atoms with Crippen LogP contribution in [-0.2, 0) is 9.47 Å². The molecule has 0 amide bonds. The Morgan fingerprint density at radius 2 is 2.14 bits per heavy atom. The predicted octanol–water partition coefficient (Wildman–Crippen LogP) is 1.85. The van der Waals surface area contributed by atoms with Crippen LogP contribution in [-0.4, -0.2) is 59.0 Å². The lowest BCUT2D eigenvalue weighted by Crippen LogP contribution is -2.31. The van der Waals surface area contributed by atoms with Gasteiger partial charge in [-0.1, -0.05) is 5.21 Å². The molecule has 0 radical (unpaired) electrons. The van der Waals surface area contributed by atoms with E-state index in [4.69, 9.17) is 9.47 Å². The van der Waals surface area contributed by atoms with Gasteiger partial charge in [0.2, 0.25) is 0 Å². The minimum absolute atomic E-state index is 0.0358. The van der Waals surface area contributed by atoms with Gasteiger partial charge in [-0.05, 0) is 45.1 Å². The van der Waals surface area contributed by atoms with E-state index in [0.717, 1.165) is 45.7 Å². The van der Waals surface area contributed by atoms with Crippen molar-refractivity contribution in [3.63, 3.8) is 0 Å². The van der Waals surface area contributed by atoms with Crippen LogP contribution in [0.2, 0.25) is 0 Å². The Kier molecular flexibility index (Phi) is 5.60. The number of likely N-dealkylation sites (tertiary alicyclic amines) is 1. The maximum absolute atomic E-state index is 5.83. The van der Waals surface area contributed by atoms with E-state index in [1.807, 2.05) is 10.9 Å². The molecule has 1 aromatic heterocycles. The van der Waals surface area contributed by atoms with Crippen molar-refractivity contribution >= 4 is 0 Å². The van der Waals surface area contributed by atoms with E-state index in [1.165, 1.54) is 25.7 Å². The molecule has 6 nitrogen and oxygen atoms in total. The third-order valence-corrected chi connectivity index (χ3v) is 4.45. The van der Waals surface area contributed by atoms with Crippen LogP contribution >= 0.6 is 0 Å². The minimum atomic E-state index is 0.0358. The first-order valence-electron chi connectivity index (χ1n) is 8.23. The molecule has 6 heteroatoms. The SMILES string of the molecule is c1cn(C2CCCN(CCOC3CCCCO3)CC2)nn1. The largest absolute Gasteiger partial charge is 0.353 e. The molecule has 3 rings (SSSR count). The monoisotopic (exact) mass is 294 g/mol. The molecule has 2 atom stereocenters. The molecule has 0 aromatic carbocycles. The molecular formula is C15H26N4O2. The maximum atomic E-state index is 5.83. The number of hydrogen-bond acceptors (Lipinski definition) is 5. The smallest absolute Gasteiger partial charge is 0.157 e. The molecule has 21 heavy (non-hydrogen) atoms. The molecule has 0 bridgehead atoms. The zero-order chi connectivity index (χ0) is 14.3. The lowest BCUT2D eigenvalue weighted by atomic mass is 10.1. The van der Waals surface area contributed by atoms with Crippen LogP contribution in [0.15, 0.2) is 12.4 Å². The first kappa shape index (κ1) is 14.9. The van der Waals surface area contributed by atoms with Crippen molar-refractivity contribution in [2.45, 2.75) is 50.9 Å². The van der Waals surface area contributed by atoms with E-state index in [9.17, 15) is 0 Å². The van der Waals surface area contributed by atoms with Gasteiger partial charge in [0.05, 0.1) is 18.8 Å². The molecule has 2 unspecified atom stereocenters. The molecule has 2 aliphatic rings. The molecule has 0 saturated carbocycles. The average molecular weight is 294 g/mol. The zero-order valence-electron chi connectivity index (χ0n) is 12.7. The fraction of sp³-hybridized carbons (Fsp3) is 0.867. The molecule has 0 spiro atoms. The van der Waals surface area contributed by atoms with Gasteiger partial charge in [0.1, 0.15) is 0 Å². The number of hydrogen-bond donors (Lipinski definition) is 0. The summed E-state index contributed by atoms with van der Waals surface area (Å²) in [6, 6.07) is 0.500. The second-order valence-corrected chi connectivity index (χ2v) is 5.98. The highest BCUT2D eigenvalue weighted by Gasteiger charge is 2.19. The van der Waals surface area contributed by atoms with Gasteiger partial charge < -0.3 is 14.4 Å². The molecule has 0 aliphatic carbocycles. The lowest BCUT2D eigenvalue weighted by molar-refractivity contribution is -0.164. The third-order valence-electron chi connectivity index (χ3n) is 4.45. The topological polar surface area (TPSA) is 52.4 Å². The quantitative estimate of drug-likeness (QED) is 0.829. The van der Waals surface area contributed by atoms with Gasteiger partial charge in [0, 0.05) is 25.9 Å². The number of ether oxygens (including phenoxy) is 2. The molecule has 2 saturated heterocycles. The number of rotatable bonds is 5. The second kappa shape index (κ2) is 7.87. The van der Waals surface area contributed by atoms with E-state index in [2.05, 4.69) is 15.2 Å². The number of aromatic nitrogens is 3. The van der Waals surface area contributed by atoms with Crippen LogP contribution in [0.3, 0.4) is 0 Å². The molecule has 2 fully saturated rings. The Morgan fingerprint density at radius 3 is 2.95 bits per heavy atom. The van der Waals surface area contributed by atoms with Gasteiger partial charge in [-0.25, -0.2) is 4.68 Å². The Bertz CT molecular complexity index is 392. The minimum Gasteiger partial charge on any atom is -0.353 e. The number of nitrogens with zero attached hydrogens (tertiary/aromatic N) is 4. The standard InChI is InChI=1S/C15H26N4O2/c1-2-12-20-15(5-1)21-13-11-18-8-3-4-14(6-9-18)19-10-7-16-17-19/h7,10,14-15H,1-6,8-9,11-13H2. The molecule has 2 aliphatic heterocycles. The van der Waals surface area contributed by atoms with Crippen molar-refractivity contribution in [1.82, 2.24) is 19.9 Å². The summed E-state index contributed by atoms with van der Waals surface area (Å²) in [6.07, 6.45) is 10.8. The maximum Gasteiger partial charge on any atom is 0.157 e. The summed E-state index contributed by atoms with van der Waals surface area (Å²) in [5, 5.41) is 8.05. The Morgan fingerprint density at radius 1 is 1.14 bits per heavy atom. The normalized spacial score (nSPS) is 28.4. The lowest BCUT2D eigenvalue weighted by Gasteiger charge is -2.25. The Balaban J connectivity index is 1.37. The summed E-state index contributed by atoms with van der Waals surface area (Å²) in [5.41, 5.74) is 0.